The Morgan fingerprint density at radius 2 is 1.14 bits per heavy atom. The van der Waals surface area contributed by atoms with Crippen molar-refractivity contribution in [2.45, 2.75) is 192 Å². The van der Waals surface area contributed by atoms with Gasteiger partial charge in [0.25, 0.3) is 0 Å². The highest BCUT2D eigenvalue weighted by molar-refractivity contribution is 5.70. The summed E-state index contributed by atoms with van der Waals surface area (Å²) in [5.74, 6) is -0.847. The molecule has 0 aliphatic carbocycles. The largest absolute Gasteiger partial charge is 0.462 e. The number of carbonyl (C=O) groups excluding carboxylic acids is 2. The summed E-state index contributed by atoms with van der Waals surface area (Å²) >= 11 is 0. The topological polar surface area (TPSA) is 152 Å². The molecule has 1 rings (SSSR count). The highest BCUT2D eigenvalue weighted by Gasteiger charge is 2.44. The van der Waals surface area contributed by atoms with E-state index >= 15 is 0 Å². The number of carbonyl (C=O) groups is 2. The minimum atomic E-state index is -1.60. The van der Waals surface area contributed by atoms with Crippen molar-refractivity contribution in [1.29, 1.82) is 0 Å². The minimum absolute atomic E-state index is 0.189. The fourth-order valence-corrected chi connectivity index (χ4v) is 5.69. The van der Waals surface area contributed by atoms with Gasteiger partial charge in [-0.3, -0.25) is 9.59 Å². The van der Waals surface area contributed by atoms with Gasteiger partial charge in [0.1, 0.15) is 31.0 Å². The summed E-state index contributed by atoms with van der Waals surface area (Å²) in [5, 5.41) is 39.9. The normalized spacial score (nSPS) is 21.8. The Kier molecular flexibility index (Phi) is 28.6. The van der Waals surface area contributed by atoms with Gasteiger partial charge < -0.3 is 39.4 Å². The second-order valence-corrected chi connectivity index (χ2v) is 13.4. The van der Waals surface area contributed by atoms with Crippen LogP contribution in [-0.4, -0.2) is 89.0 Å². The molecule has 2 unspecified atom stereocenters. The minimum Gasteiger partial charge on any atom is -0.462 e. The number of aliphatic hydroxyl groups excluding tert-OH is 4. The van der Waals surface area contributed by atoms with Crippen molar-refractivity contribution in [3.05, 3.63) is 24.3 Å². The van der Waals surface area contributed by atoms with Crippen LogP contribution in [0.3, 0.4) is 0 Å². The summed E-state index contributed by atoms with van der Waals surface area (Å²) < 4.78 is 22.0. The highest BCUT2D eigenvalue weighted by Crippen LogP contribution is 2.22. The van der Waals surface area contributed by atoms with Crippen LogP contribution >= 0.6 is 0 Å². The third-order valence-corrected chi connectivity index (χ3v) is 8.84. The number of aliphatic hydroxyl groups is 4. The fraction of sp³-hybridized carbons (Fsp3) is 0.846. The first-order valence-electron chi connectivity index (χ1n) is 19.4. The lowest BCUT2D eigenvalue weighted by atomic mass is 9.99. The Labute approximate surface area is 296 Å². The van der Waals surface area contributed by atoms with Gasteiger partial charge in [-0.05, 0) is 44.9 Å². The molecule has 0 radical (unpaired) electrons. The SMILES string of the molecule is CCCCCCCC/C=C/C/C=C/CCCCC(=O)O[C@H](COC(=O)CCCCCCCCCCC)CO[C@@H]1O[C@H](CO)[C@H](O)C(O)C1O. The molecule has 4 N–H and O–H groups in total. The Bertz CT molecular complexity index is 861. The maximum atomic E-state index is 12.7. The Morgan fingerprint density at radius 3 is 1.73 bits per heavy atom. The average molecular weight is 699 g/mol. The fourth-order valence-electron chi connectivity index (χ4n) is 5.69. The van der Waals surface area contributed by atoms with E-state index in [1.807, 2.05) is 0 Å². The molecule has 49 heavy (non-hydrogen) atoms. The Balaban J connectivity index is 2.42. The maximum absolute atomic E-state index is 12.7. The van der Waals surface area contributed by atoms with E-state index in [0.29, 0.717) is 6.42 Å². The lowest BCUT2D eigenvalue weighted by molar-refractivity contribution is -0.305. The number of unbranched alkanes of at least 4 members (excludes halogenated alkanes) is 16. The summed E-state index contributed by atoms with van der Waals surface area (Å²) in [6, 6.07) is 0. The molecule has 1 fully saturated rings. The predicted molar refractivity (Wildman–Crippen MR) is 192 cm³/mol. The standard InChI is InChI=1S/C39H70O10/c1-3-5-7-9-11-13-14-15-16-17-18-20-22-24-26-28-35(42)48-32(31-47-39-38(45)37(44)36(43)33(29-40)49-39)30-46-34(41)27-25-23-21-19-12-10-8-6-4-2/h15-16,18,20,32-33,36-40,43-45H,3-14,17,19,21-31H2,1-2H3/b16-15+,20-18+/t32-,33-,36+,37?,38?,39-/m1/s1. The quantitative estimate of drug-likeness (QED) is 0.0339. The van der Waals surface area contributed by atoms with Crippen LogP contribution in [0, 0.1) is 0 Å². The van der Waals surface area contributed by atoms with E-state index in [1.54, 1.807) is 0 Å². The first kappa shape index (κ1) is 45.2. The van der Waals surface area contributed by atoms with Gasteiger partial charge in [0.05, 0.1) is 13.2 Å². The Morgan fingerprint density at radius 1 is 0.633 bits per heavy atom. The van der Waals surface area contributed by atoms with E-state index in [2.05, 4.69) is 38.2 Å². The zero-order valence-corrected chi connectivity index (χ0v) is 30.7. The third-order valence-electron chi connectivity index (χ3n) is 8.84. The second-order valence-electron chi connectivity index (χ2n) is 13.4. The van der Waals surface area contributed by atoms with Gasteiger partial charge in [0, 0.05) is 12.8 Å². The molecule has 1 aliphatic rings. The van der Waals surface area contributed by atoms with Gasteiger partial charge in [-0.1, -0.05) is 122 Å². The van der Waals surface area contributed by atoms with Crippen molar-refractivity contribution < 1.29 is 49.0 Å². The van der Waals surface area contributed by atoms with Crippen molar-refractivity contribution >= 4 is 11.9 Å². The van der Waals surface area contributed by atoms with Gasteiger partial charge >= 0.3 is 11.9 Å². The average Bonchev–Trinajstić information content (AvgIpc) is 3.10. The van der Waals surface area contributed by atoms with Gasteiger partial charge in [-0.15, -0.1) is 0 Å². The van der Waals surface area contributed by atoms with Crippen LogP contribution < -0.4 is 0 Å². The maximum Gasteiger partial charge on any atom is 0.306 e. The van der Waals surface area contributed by atoms with Crippen LogP contribution in [-0.2, 0) is 28.5 Å². The molecule has 1 saturated heterocycles. The monoisotopic (exact) mass is 698 g/mol. The van der Waals surface area contributed by atoms with Crippen molar-refractivity contribution in [3.63, 3.8) is 0 Å². The zero-order chi connectivity index (χ0) is 36.0. The van der Waals surface area contributed by atoms with Crippen LogP contribution in [0.1, 0.15) is 155 Å². The van der Waals surface area contributed by atoms with Crippen LogP contribution in [0.4, 0.5) is 0 Å². The van der Waals surface area contributed by atoms with E-state index in [9.17, 15) is 30.0 Å². The van der Waals surface area contributed by atoms with Gasteiger partial charge in [-0.2, -0.15) is 0 Å². The first-order chi connectivity index (χ1) is 23.8. The molecular weight excluding hydrogens is 628 g/mol. The van der Waals surface area contributed by atoms with Crippen molar-refractivity contribution in [3.8, 4) is 0 Å². The third kappa shape index (κ3) is 23.3. The summed E-state index contributed by atoms with van der Waals surface area (Å²) in [4.78, 5) is 25.1. The van der Waals surface area contributed by atoms with Crippen LogP contribution in [0.2, 0.25) is 0 Å². The lowest BCUT2D eigenvalue weighted by Crippen LogP contribution is -2.59. The Hall–Kier alpha value is -1.82. The van der Waals surface area contributed by atoms with Crippen molar-refractivity contribution in [2.24, 2.45) is 0 Å². The van der Waals surface area contributed by atoms with Crippen LogP contribution in [0.25, 0.3) is 0 Å². The second kappa shape index (κ2) is 31.0. The zero-order valence-electron chi connectivity index (χ0n) is 30.7. The molecule has 0 aromatic heterocycles. The molecule has 0 spiro atoms. The van der Waals surface area contributed by atoms with E-state index in [0.717, 1.165) is 44.9 Å². The molecular formula is C39H70O10. The van der Waals surface area contributed by atoms with Crippen LogP contribution in [0.5, 0.6) is 0 Å². The van der Waals surface area contributed by atoms with E-state index in [1.165, 1.54) is 77.0 Å². The molecule has 0 aromatic carbocycles. The number of esters is 2. The van der Waals surface area contributed by atoms with Gasteiger partial charge in [0.15, 0.2) is 12.4 Å². The van der Waals surface area contributed by atoms with Gasteiger partial charge in [0.2, 0.25) is 0 Å². The van der Waals surface area contributed by atoms with E-state index in [4.69, 9.17) is 18.9 Å². The molecule has 6 atom stereocenters. The van der Waals surface area contributed by atoms with Crippen molar-refractivity contribution in [2.75, 3.05) is 19.8 Å². The molecule has 10 nitrogen and oxygen atoms in total. The highest BCUT2D eigenvalue weighted by atomic mass is 16.7. The molecule has 0 bridgehead atoms. The number of ether oxygens (including phenoxy) is 4. The molecule has 10 heteroatoms. The summed E-state index contributed by atoms with van der Waals surface area (Å²) in [6.07, 6.45) is 23.4. The molecule has 1 aliphatic heterocycles. The summed E-state index contributed by atoms with van der Waals surface area (Å²) in [5.41, 5.74) is 0. The number of hydrogen-bond acceptors (Lipinski definition) is 10. The molecule has 0 aromatic rings. The number of allylic oxidation sites excluding steroid dienone is 4. The summed E-state index contributed by atoms with van der Waals surface area (Å²) in [6.45, 7) is 3.34. The molecule has 0 amide bonds. The molecule has 286 valence electrons. The molecule has 1 heterocycles. The summed E-state index contributed by atoms with van der Waals surface area (Å²) in [7, 11) is 0. The van der Waals surface area contributed by atoms with Gasteiger partial charge in [-0.25, -0.2) is 0 Å². The lowest BCUT2D eigenvalue weighted by Gasteiger charge is -2.39. The smallest absolute Gasteiger partial charge is 0.306 e. The first-order valence-corrected chi connectivity index (χ1v) is 19.4. The molecule has 0 saturated carbocycles. The number of hydrogen-bond donors (Lipinski definition) is 4. The van der Waals surface area contributed by atoms with Crippen LogP contribution in [0.15, 0.2) is 24.3 Å². The van der Waals surface area contributed by atoms with E-state index < -0.39 is 49.4 Å². The van der Waals surface area contributed by atoms with Crippen molar-refractivity contribution in [1.82, 2.24) is 0 Å². The number of rotatable bonds is 31. The predicted octanol–water partition coefficient (Wildman–Crippen LogP) is 6.99. The van der Waals surface area contributed by atoms with E-state index in [-0.39, 0.29) is 32.0 Å².